The predicted octanol–water partition coefficient (Wildman–Crippen LogP) is 1.47. The van der Waals surface area contributed by atoms with Crippen LogP contribution in [-0.4, -0.2) is 46.7 Å². The fourth-order valence-electron chi connectivity index (χ4n) is 3.24. The Balaban J connectivity index is 1.54. The van der Waals surface area contributed by atoms with Gasteiger partial charge >= 0.3 is 0 Å². The minimum absolute atomic E-state index is 0.154. The van der Waals surface area contributed by atoms with Gasteiger partial charge in [0.05, 0.1) is 0 Å². The van der Waals surface area contributed by atoms with E-state index in [0.717, 1.165) is 51.8 Å². The van der Waals surface area contributed by atoms with E-state index in [9.17, 15) is 4.79 Å². The molecule has 1 aromatic heterocycles. The van der Waals surface area contributed by atoms with Gasteiger partial charge in [-0.05, 0) is 31.6 Å². The zero-order valence-corrected chi connectivity index (χ0v) is 12.1. The lowest BCUT2D eigenvalue weighted by atomic mass is 9.98. The van der Waals surface area contributed by atoms with Crippen LogP contribution in [0, 0.1) is 5.92 Å². The molecule has 1 fully saturated rings. The van der Waals surface area contributed by atoms with E-state index in [1.807, 2.05) is 24.3 Å². The van der Waals surface area contributed by atoms with Crippen molar-refractivity contribution in [2.45, 2.75) is 44.8 Å². The molecule has 2 aliphatic heterocycles. The number of fused-ring (bicyclic) bond motifs is 1. The maximum Gasteiger partial charge on any atom is 0.251 e. The number of rotatable bonds is 3. The summed E-state index contributed by atoms with van der Waals surface area (Å²) in [7, 11) is 1.91. The van der Waals surface area contributed by atoms with Crippen LogP contribution in [-0.2, 0) is 22.5 Å². The van der Waals surface area contributed by atoms with E-state index >= 15 is 0 Å². The summed E-state index contributed by atoms with van der Waals surface area (Å²) < 4.78 is 7.80. The first-order chi connectivity index (χ1) is 9.74. The number of amides is 1. The van der Waals surface area contributed by atoms with E-state index in [2.05, 4.69) is 9.55 Å². The Labute approximate surface area is 119 Å². The molecule has 0 saturated carbocycles. The van der Waals surface area contributed by atoms with Gasteiger partial charge in [0.15, 0.2) is 0 Å². The summed E-state index contributed by atoms with van der Waals surface area (Å²) in [6.45, 7) is 2.51. The highest BCUT2D eigenvalue weighted by Crippen LogP contribution is 2.21. The summed E-state index contributed by atoms with van der Waals surface area (Å²) in [5.74, 6) is 1.85. The largest absolute Gasteiger partial charge is 0.368 e. The number of aryl methyl sites for hydroxylation is 1. The SMILES string of the molecule is CN(C[C@H]1CCc2nccn2C1)C(=O)[C@H]1CCCCO1. The highest BCUT2D eigenvalue weighted by Gasteiger charge is 2.27. The van der Waals surface area contributed by atoms with Gasteiger partial charge in [-0.2, -0.15) is 0 Å². The van der Waals surface area contributed by atoms with E-state index in [0.29, 0.717) is 5.92 Å². The molecule has 0 radical (unpaired) electrons. The van der Waals surface area contributed by atoms with Gasteiger partial charge in [0.1, 0.15) is 11.9 Å². The first-order valence-electron chi connectivity index (χ1n) is 7.60. The van der Waals surface area contributed by atoms with Crippen LogP contribution in [0.4, 0.5) is 0 Å². The summed E-state index contributed by atoms with van der Waals surface area (Å²) in [6.07, 6.45) is 8.88. The molecule has 110 valence electrons. The van der Waals surface area contributed by atoms with Crippen LogP contribution in [0.3, 0.4) is 0 Å². The van der Waals surface area contributed by atoms with E-state index < -0.39 is 0 Å². The molecular weight excluding hydrogens is 254 g/mol. The Kier molecular flexibility index (Phi) is 4.05. The van der Waals surface area contributed by atoms with Gasteiger partial charge in [-0.25, -0.2) is 4.98 Å². The van der Waals surface area contributed by atoms with Crippen LogP contribution >= 0.6 is 0 Å². The van der Waals surface area contributed by atoms with Crippen molar-refractivity contribution in [3.63, 3.8) is 0 Å². The molecule has 3 heterocycles. The van der Waals surface area contributed by atoms with Crippen molar-refractivity contribution in [2.24, 2.45) is 5.92 Å². The summed E-state index contributed by atoms with van der Waals surface area (Å²) >= 11 is 0. The lowest BCUT2D eigenvalue weighted by Gasteiger charge is -2.31. The van der Waals surface area contributed by atoms with Gasteiger partial charge in [0.2, 0.25) is 0 Å². The quantitative estimate of drug-likeness (QED) is 0.840. The summed E-state index contributed by atoms with van der Waals surface area (Å²) in [5, 5.41) is 0. The smallest absolute Gasteiger partial charge is 0.251 e. The van der Waals surface area contributed by atoms with Gasteiger partial charge in [-0.1, -0.05) is 0 Å². The monoisotopic (exact) mass is 277 g/mol. The van der Waals surface area contributed by atoms with E-state index in [1.54, 1.807) is 0 Å². The molecule has 0 aromatic carbocycles. The first-order valence-corrected chi connectivity index (χ1v) is 7.60. The minimum Gasteiger partial charge on any atom is -0.368 e. The predicted molar refractivity (Wildman–Crippen MR) is 75.3 cm³/mol. The minimum atomic E-state index is -0.207. The van der Waals surface area contributed by atoms with Crippen LogP contribution in [0.1, 0.15) is 31.5 Å². The third-order valence-electron chi connectivity index (χ3n) is 4.40. The van der Waals surface area contributed by atoms with E-state index in [4.69, 9.17) is 4.74 Å². The number of imidazole rings is 1. The van der Waals surface area contributed by atoms with Crippen LogP contribution in [0.5, 0.6) is 0 Å². The topological polar surface area (TPSA) is 47.4 Å². The van der Waals surface area contributed by atoms with Crippen LogP contribution in [0.25, 0.3) is 0 Å². The summed E-state index contributed by atoms with van der Waals surface area (Å²) in [4.78, 5) is 18.6. The Morgan fingerprint density at radius 1 is 1.50 bits per heavy atom. The number of carbonyl (C=O) groups is 1. The normalized spacial score (nSPS) is 26.1. The fourth-order valence-corrected chi connectivity index (χ4v) is 3.24. The molecule has 1 amide bonds. The Morgan fingerprint density at radius 2 is 2.40 bits per heavy atom. The van der Waals surface area contributed by atoms with Crippen LogP contribution in [0.2, 0.25) is 0 Å². The third kappa shape index (κ3) is 2.87. The number of aromatic nitrogens is 2. The lowest BCUT2D eigenvalue weighted by molar-refractivity contribution is -0.145. The molecule has 0 unspecified atom stereocenters. The van der Waals surface area contributed by atoms with Gasteiger partial charge in [0, 0.05) is 45.6 Å². The van der Waals surface area contributed by atoms with Crippen molar-refractivity contribution < 1.29 is 9.53 Å². The number of nitrogens with zero attached hydrogens (tertiary/aromatic N) is 3. The molecule has 2 aliphatic rings. The highest BCUT2D eigenvalue weighted by atomic mass is 16.5. The fraction of sp³-hybridized carbons (Fsp3) is 0.733. The standard InChI is InChI=1S/C15H23N3O2/c1-17(15(19)13-4-2-3-9-20-13)10-12-5-6-14-16-7-8-18(14)11-12/h7-8,12-13H,2-6,9-11H2,1H3/t12-,13-/m1/s1. The molecule has 2 atom stereocenters. The first kappa shape index (κ1) is 13.6. The van der Waals surface area contributed by atoms with Gasteiger partial charge < -0.3 is 14.2 Å². The van der Waals surface area contributed by atoms with Crippen molar-refractivity contribution in [3.05, 3.63) is 18.2 Å². The van der Waals surface area contributed by atoms with Gasteiger partial charge in [-0.3, -0.25) is 4.79 Å². The number of hydrogen-bond acceptors (Lipinski definition) is 3. The van der Waals surface area contributed by atoms with Gasteiger partial charge in [-0.15, -0.1) is 0 Å². The zero-order chi connectivity index (χ0) is 13.9. The average molecular weight is 277 g/mol. The molecular formula is C15H23N3O2. The van der Waals surface area contributed by atoms with Gasteiger partial charge in [0.25, 0.3) is 5.91 Å². The second kappa shape index (κ2) is 5.95. The third-order valence-corrected chi connectivity index (χ3v) is 4.40. The molecule has 5 heteroatoms. The molecule has 0 spiro atoms. The summed E-state index contributed by atoms with van der Waals surface area (Å²) in [5.41, 5.74) is 0. The molecule has 20 heavy (non-hydrogen) atoms. The molecule has 0 bridgehead atoms. The van der Waals surface area contributed by atoms with Crippen LogP contribution < -0.4 is 0 Å². The molecule has 1 aromatic rings. The average Bonchev–Trinajstić information content (AvgIpc) is 2.95. The maximum absolute atomic E-state index is 12.3. The lowest BCUT2D eigenvalue weighted by Crippen LogP contribution is -2.43. The Hall–Kier alpha value is -1.36. The number of likely N-dealkylation sites (N-methyl/N-ethyl adjacent to an activating group) is 1. The zero-order valence-electron chi connectivity index (χ0n) is 12.1. The van der Waals surface area contributed by atoms with Crippen molar-refractivity contribution in [2.75, 3.05) is 20.2 Å². The maximum atomic E-state index is 12.3. The Morgan fingerprint density at radius 3 is 3.20 bits per heavy atom. The summed E-state index contributed by atoms with van der Waals surface area (Å²) in [6, 6.07) is 0. The van der Waals surface area contributed by atoms with Crippen molar-refractivity contribution in [3.8, 4) is 0 Å². The van der Waals surface area contributed by atoms with E-state index in [-0.39, 0.29) is 12.0 Å². The second-order valence-electron chi connectivity index (χ2n) is 5.97. The second-order valence-corrected chi connectivity index (χ2v) is 5.97. The molecule has 3 rings (SSSR count). The molecule has 0 aliphatic carbocycles. The molecule has 5 nitrogen and oxygen atoms in total. The van der Waals surface area contributed by atoms with E-state index in [1.165, 1.54) is 5.82 Å². The Bertz CT molecular complexity index is 465. The highest BCUT2D eigenvalue weighted by molar-refractivity contribution is 5.80. The molecule has 0 N–H and O–H groups in total. The number of ether oxygens (including phenoxy) is 1. The van der Waals surface area contributed by atoms with Crippen molar-refractivity contribution in [1.29, 1.82) is 0 Å². The van der Waals surface area contributed by atoms with Crippen molar-refractivity contribution >= 4 is 5.91 Å². The molecule has 1 saturated heterocycles. The van der Waals surface area contributed by atoms with Crippen LogP contribution in [0.15, 0.2) is 12.4 Å². The van der Waals surface area contributed by atoms with Crippen molar-refractivity contribution in [1.82, 2.24) is 14.5 Å². The number of hydrogen-bond donors (Lipinski definition) is 0. The number of carbonyl (C=O) groups excluding carboxylic acids is 1.